The molecule has 1 rings (SSSR count). The van der Waals surface area contributed by atoms with Gasteiger partial charge in [0.1, 0.15) is 5.97 Å². The topological polar surface area (TPSA) is 57.2 Å². The van der Waals surface area contributed by atoms with Crippen LogP contribution in [0.3, 0.4) is 0 Å². The van der Waals surface area contributed by atoms with Gasteiger partial charge >= 0.3 is 0 Å². The van der Waals surface area contributed by atoms with Crippen molar-refractivity contribution in [3.8, 4) is 0 Å². The fourth-order valence-corrected chi connectivity index (χ4v) is 1.04. The zero-order valence-corrected chi connectivity index (χ0v) is 7.38. The number of carbonyl (C=O) groups excluding carboxylic acids is 2. The Bertz CT molecular complexity index is 329. The minimum Gasteiger partial charge on any atom is -0.541 e. The van der Waals surface area contributed by atoms with Gasteiger partial charge in [-0.15, -0.1) is 11.6 Å². The molecule has 0 heterocycles. The number of hydrogen-bond acceptors (Lipinski definition) is 3. The maximum atomic E-state index is 10.8. The van der Waals surface area contributed by atoms with Crippen LogP contribution >= 0.6 is 11.6 Å². The van der Waals surface area contributed by atoms with Gasteiger partial charge in [0.25, 0.3) is 0 Å². The molecular formula is C9H6ClO3-. The van der Waals surface area contributed by atoms with Gasteiger partial charge in [0.15, 0.2) is 0 Å². The molecule has 0 radical (unpaired) electrons. The van der Waals surface area contributed by atoms with Crippen molar-refractivity contribution in [2.75, 3.05) is 0 Å². The molecular weight excluding hydrogens is 192 g/mol. The SMILES string of the molecule is O=C([O-])C(=O)c1ccc(CCl)cc1. The molecule has 1 aromatic carbocycles. The predicted octanol–water partition coefficient (Wildman–Crippen LogP) is 0.358. The van der Waals surface area contributed by atoms with Crippen molar-refractivity contribution in [2.24, 2.45) is 0 Å². The second-order valence-electron chi connectivity index (χ2n) is 2.45. The van der Waals surface area contributed by atoms with E-state index in [1.165, 1.54) is 12.1 Å². The van der Waals surface area contributed by atoms with Crippen molar-refractivity contribution in [1.29, 1.82) is 0 Å². The van der Waals surface area contributed by atoms with Crippen LogP contribution in [-0.4, -0.2) is 11.8 Å². The van der Waals surface area contributed by atoms with E-state index in [1.807, 2.05) is 0 Å². The number of benzene rings is 1. The van der Waals surface area contributed by atoms with E-state index in [0.29, 0.717) is 5.88 Å². The van der Waals surface area contributed by atoms with Gasteiger partial charge in [-0.05, 0) is 5.56 Å². The molecule has 0 spiro atoms. The van der Waals surface area contributed by atoms with Gasteiger partial charge in [-0.1, -0.05) is 24.3 Å². The Hall–Kier alpha value is -1.35. The maximum absolute atomic E-state index is 10.8. The van der Waals surface area contributed by atoms with E-state index in [4.69, 9.17) is 11.6 Å². The number of halogens is 1. The summed E-state index contributed by atoms with van der Waals surface area (Å²) in [5, 5.41) is 10.2. The highest BCUT2D eigenvalue weighted by atomic mass is 35.5. The van der Waals surface area contributed by atoms with Gasteiger partial charge in [0, 0.05) is 11.4 Å². The van der Waals surface area contributed by atoms with Gasteiger partial charge in [-0.2, -0.15) is 0 Å². The number of rotatable bonds is 3. The highest BCUT2D eigenvalue weighted by Gasteiger charge is 2.05. The summed E-state index contributed by atoms with van der Waals surface area (Å²) in [4.78, 5) is 21.0. The highest BCUT2D eigenvalue weighted by molar-refractivity contribution is 6.38. The Morgan fingerprint density at radius 3 is 2.15 bits per heavy atom. The van der Waals surface area contributed by atoms with Gasteiger partial charge in [0.05, 0.1) is 0 Å². The van der Waals surface area contributed by atoms with Crippen LogP contribution in [-0.2, 0) is 10.7 Å². The quantitative estimate of drug-likeness (QED) is 0.399. The smallest absolute Gasteiger partial charge is 0.208 e. The summed E-state index contributed by atoms with van der Waals surface area (Å²) in [6.07, 6.45) is 0. The normalized spacial score (nSPS) is 9.62. The summed E-state index contributed by atoms with van der Waals surface area (Å²) in [5.41, 5.74) is 0.936. The third kappa shape index (κ3) is 2.29. The fourth-order valence-electron chi connectivity index (χ4n) is 0.863. The zero-order chi connectivity index (χ0) is 9.84. The molecule has 0 atom stereocenters. The summed E-state index contributed by atoms with van der Waals surface area (Å²) < 4.78 is 0. The Balaban J connectivity index is 2.92. The summed E-state index contributed by atoms with van der Waals surface area (Å²) >= 11 is 5.51. The van der Waals surface area contributed by atoms with E-state index < -0.39 is 11.8 Å². The molecule has 0 saturated carbocycles. The summed E-state index contributed by atoms with van der Waals surface area (Å²) in [6.45, 7) is 0. The zero-order valence-electron chi connectivity index (χ0n) is 6.62. The molecule has 0 aliphatic carbocycles. The number of Topliss-reactive ketones (excluding diaryl/α,β-unsaturated/α-hetero) is 1. The van der Waals surface area contributed by atoms with Gasteiger partial charge in [0.2, 0.25) is 5.78 Å². The molecule has 0 aromatic heterocycles. The van der Waals surface area contributed by atoms with Crippen molar-refractivity contribution in [3.05, 3.63) is 35.4 Å². The molecule has 68 valence electrons. The third-order valence-corrected chi connectivity index (χ3v) is 1.86. The lowest BCUT2D eigenvalue weighted by molar-refractivity contribution is -0.296. The summed E-state index contributed by atoms with van der Waals surface area (Å²) in [7, 11) is 0. The van der Waals surface area contributed by atoms with Crippen molar-refractivity contribution in [3.63, 3.8) is 0 Å². The van der Waals surface area contributed by atoms with E-state index in [9.17, 15) is 14.7 Å². The predicted molar refractivity (Wildman–Crippen MR) is 45.3 cm³/mol. The molecule has 0 saturated heterocycles. The monoisotopic (exact) mass is 197 g/mol. The van der Waals surface area contributed by atoms with E-state index in [-0.39, 0.29) is 5.56 Å². The molecule has 0 amide bonds. The Kier molecular flexibility index (Phi) is 3.03. The standard InChI is InChI=1S/C9H7ClO3/c10-5-6-1-3-7(4-2-6)8(11)9(12)13/h1-4H,5H2,(H,12,13)/p-1. The minimum atomic E-state index is -1.70. The molecule has 0 aliphatic rings. The number of carbonyl (C=O) groups is 2. The van der Waals surface area contributed by atoms with Gasteiger partial charge in [-0.3, -0.25) is 4.79 Å². The number of ketones is 1. The van der Waals surface area contributed by atoms with Crippen molar-refractivity contribution in [1.82, 2.24) is 0 Å². The van der Waals surface area contributed by atoms with Crippen LogP contribution in [0, 0.1) is 0 Å². The third-order valence-electron chi connectivity index (χ3n) is 1.56. The minimum absolute atomic E-state index is 0.105. The van der Waals surface area contributed by atoms with Crippen LogP contribution in [0.25, 0.3) is 0 Å². The van der Waals surface area contributed by atoms with Crippen LogP contribution in [0.2, 0.25) is 0 Å². The van der Waals surface area contributed by atoms with Gasteiger partial charge < -0.3 is 9.90 Å². The Morgan fingerprint density at radius 1 is 1.23 bits per heavy atom. The first kappa shape index (κ1) is 9.74. The van der Waals surface area contributed by atoms with Gasteiger partial charge in [-0.25, -0.2) is 0 Å². The maximum Gasteiger partial charge on any atom is 0.208 e. The first-order valence-corrected chi connectivity index (χ1v) is 4.09. The molecule has 0 aliphatic heterocycles. The lowest BCUT2D eigenvalue weighted by Gasteiger charge is -2.01. The summed E-state index contributed by atoms with van der Waals surface area (Å²) in [6, 6.07) is 6.03. The fraction of sp³-hybridized carbons (Fsp3) is 0.111. The number of alkyl halides is 1. The molecule has 3 nitrogen and oxygen atoms in total. The number of carboxylic acid groups (broad SMARTS) is 1. The largest absolute Gasteiger partial charge is 0.541 e. The molecule has 0 unspecified atom stereocenters. The van der Waals surface area contributed by atoms with E-state index in [0.717, 1.165) is 5.56 Å². The lowest BCUT2D eigenvalue weighted by Crippen LogP contribution is -2.31. The van der Waals surface area contributed by atoms with E-state index in [1.54, 1.807) is 12.1 Å². The molecule has 13 heavy (non-hydrogen) atoms. The Morgan fingerprint density at radius 2 is 1.77 bits per heavy atom. The van der Waals surface area contributed by atoms with Crippen LogP contribution in [0.5, 0.6) is 0 Å². The molecule has 0 N–H and O–H groups in total. The average molecular weight is 198 g/mol. The molecule has 4 heteroatoms. The molecule has 0 bridgehead atoms. The van der Waals surface area contributed by atoms with Crippen LogP contribution in [0.15, 0.2) is 24.3 Å². The molecule has 0 fully saturated rings. The molecule has 1 aromatic rings. The van der Waals surface area contributed by atoms with Crippen molar-refractivity contribution >= 4 is 23.4 Å². The first-order valence-electron chi connectivity index (χ1n) is 3.55. The number of carboxylic acids is 1. The van der Waals surface area contributed by atoms with Crippen molar-refractivity contribution < 1.29 is 14.7 Å². The summed E-state index contributed by atoms with van der Waals surface area (Å²) in [5.74, 6) is -2.38. The van der Waals surface area contributed by atoms with Crippen LogP contribution < -0.4 is 5.11 Å². The van der Waals surface area contributed by atoms with E-state index in [2.05, 4.69) is 0 Å². The number of hydrogen-bond donors (Lipinski definition) is 0. The highest BCUT2D eigenvalue weighted by Crippen LogP contribution is 2.07. The number of aliphatic carboxylic acids is 1. The second-order valence-corrected chi connectivity index (χ2v) is 2.71. The van der Waals surface area contributed by atoms with E-state index >= 15 is 0 Å². The second kappa shape index (κ2) is 4.05. The lowest BCUT2D eigenvalue weighted by atomic mass is 10.1. The van der Waals surface area contributed by atoms with Crippen molar-refractivity contribution in [2.45, 2.75) is 5.88 Å². The van der Waals surface area contributed by atoms with Crippen LogP contribution in [0.1, 0.15) is 15.9 Å². The van der Waals surface area contributed by atoms with Crippen LogP contribution in [0.4, 0.5) is 0 Å². The average Bonchev–Trinajstić information content (AvgIpc) is 2.17. The first-order chi connectivity index (χ1) is 6.15. The Labute approximate surface area is 79.9 Å².